The highest BCUT2D eigenvalue weighted by Gasteiger charge is 2.84. The summed E-state index contributed by atoms with van der Waals surface area (Å²) in [4.78, 5) is 29.7. The molecule has 3 aliphatic heterocycles. The first-order valence-corrected chi connectivity index (χ1v) is 20.6. The van der Waals surface area contributed by atoms with E-state index in [1.165, 1.54) is 4.90 Å². The van der Waals surface area contributed by atoms with Gasteiger partial charge in [-0.15, -0.1) is 10.2 Å². The fraction of sp³-hybridized carbons (Fsp3) is 0.900. The van der Waals surface area contributed by atoms with Crippen LogP contribution in [0.25, 0.3) is 0 Å². The van der Waals surface area contributed by atoms with E-state index in [0.29, 0.717) is 11.8 Å². The minimum absolute atomic E-state index is 0.0303. The SMILES string of the molecule is CC(C)[C@@H](OC(=O)N1CCC1)C1CCC2C(O1)[C@H](O)[C@@]1(C)C3CCC4C(C)(C)C(OC(=O)N5CCn6c(nnc6C(F)(F)F)C5)CCC45CC35CCC21C. The van der Waals surface area contributed by atoms with E-state index in [2.05, 4.69) is 51.7 Å². The topological polar surface area (TPSA) is 119 Å². The number of rotatable bonds is 4. The average Bonchev–Trinajstić information content (AvgIpc) is 3.48. The van der Waals surface area contributed by atoms with E-state index in [1.807, 2.05) is 0 Å². The minimum Gasteiger partial charge on any atom is -0.446 e. The smallest absolute Gasteiger partial charge is 0.446 e. The Hall–Kier alpha value is -2.61. The van der Waals surface area contributed by atoms with Crippen molar-refractivity contribution in [1.29, 1.82) is 0 Å². The first kappa shape index (κ1) is 37.0. The third kappa shape index (κ3) is 4.85. The van der Waals surface area contributed by atoms with Crippen LogP contribution in [0.2, 0.25) is 0 Å². The molecule has 300 valence electrons. The molecule has 9 rings (SSSR count). The predicted molar refractivity (Wildman–Crippen MR) is 189 cm³/mol. The van der Waals surface area contributed by atoms with Gasteiger partial charge in [0, 0.05) is 37.0 Å². The van der Waals surface area contributed by atoms with Crippen LogP contribution in [0.5, 0.6) is 0 Å². The summed E-state index contributed by atoms with van der Waals surface area (Å²) >= 11 is 0. The second kappa shape index (κ2) is 12.0. The maximum atomic E-state index is 13.6. The molecular weight excluding hydrogens is 703 g/mol. The average molecular weight is 762 g/mol. The number of fused-ring (bicyclic) bond motifs is 5. The van der Waals surface area contributed by atoms with Gasteiger partial charge in [0.2, 0.25) is 5.82 Å². The maximum absolute atomic E-state index is 13.6. The molecule has 0 bridgehead atoms. The molecule has 1 aromatic heterocycles. The lowest BCUT2D eigenvalue weighted by Gasteiger charge is -2.63. The van der Waals surface area contributed by atoms with Gasteiger partial charge in [0.05, 0.1) is 24.9 Å². The van der Waals surface area contributed by atoms with Crippen LogP contribution in [0.3, 0.4) is 0 Å². The number of carbonyl (C=O) groups is 2. The van der Waals surface area contributed by atoms with Crippen LogP contribution in [0.4, 0.5) is 22.8 Å². The van der Waals surface area contributed by atoms with Crippen LogP contribution in [0.1, 0.15) is 117 Å². The van der Waals surface area contributed by atoms with Crippen molar-refractivity contribution >= 4 is 12.2 Å². The normalized spacial score (nSPS) is 43.7. The molecule has 14 heteroatoms. The van der Waals surface area contributed by atoms with Crippen LogP contribution in [-0.4, -0.2) is 92.0 Å². The van der Waals surface area contributed by atoms with Gasteiger partial charge in [0.1, 0.15) is 12.2 Å². The Morgan fingerprint density at radius 2 is 1.61 bits per heavy atom. The van der Waals surface area contributed by atoms with E-state index in [4.69, 9.17) is 14.2 Å². The number of hydrogen-bond acceptors (Lipinski definition) is 8. The van der Waals surface area contributed by atoms with Crippen molar-refractivity contribution in [2.24, 2.45) is 50.7 Å². The number of halogens is 3. The second-order valence-electron chi connectivity index (χ2n) is 19.8. The van der Waals surface area contributed by atoms with Gasteiger partial charge < -0.3 is 28.8 Å². The van der Waals surface area contributed by atoms with E-state index in [9.17, 15) is 27.9 Å². The lowest BCUT2D eigenvalue weighted by molar-refractivity contribution is -0.185. The monoisotopic (exact) mass is 761 g/mol. The van der Waals surface area contributed by atoms with Crippen LogP contribution < -0.4 is 0 Å². The summed E-state index contributed by atoms with van der Waals surface area (Å²) in [5.41, 5.74) is -0.420. The molecule has 1 N–H and O–H groups in total. The Morgan fingerprint density at radius 1 is 0.889 bits per heavy atom. The van der Waals surface area contributed by atoms with E-state index < -0.39 is 24.2 Å². The number of nitrogens with zero attached hydrogens (tertiary/aromatic N) is 5. The number of alkyl halides is 3. The molecule has 2 spiro atoms. The van der Waals surface area contributed by atoms with Crippen molar-refractivity contribution in [1.82, 2.24) is 24.6 Å². The number of carbonyl (C=O) groups excluding carboxylic acids is 2. The number of aromatic nitrogens is 3. The first-order valence-electron chi connectivity index (χ1n) is 20.6. The summed E-state index contributed by atoms with van der Waals surface area (Å²) in [6.45, 7) is 14.9. The molecule has 54 heavy (non-hydrogen) atoms. The highest BCUT2D eigenvalue weighted by atomic mass is 19.4. The standard InChI is InChI=1S/C40H58F3N5O6/c1-22(2)29(54-33(50)46-16-7-17-46)24-9-8-23-30(52-24)31(49)37(6)26-11-10-25-35(3,4)27(12-13-38(25)21-39(26,38)15-14-36(23,37)5)53-34(51)47-18-19-48-28(20-47)44-45-32(48)40(41,42)43/h22-27,29-31,49H,7-21H2,1-6H3/t23?,24?,25?,26?,27?,29-,30?,31+,36?,37-,38?,39?/m1/s1. The van der Waals surface area contributed by atoms with Crippen LogP contribution in [-0.2, 0) is 33.5 Å². The summed E-state index contributed by atoms with van der Waals surface area (Å²) in [7, 11) is 0. The Morgan fingerprint density at radius 3 is 2.30 bits per heavy atom. The van der Waals surface area contributed by atoms with Gasteiger partial charge >= 0.3 is 18.4 Å². The zero-order valence-electron chi connectivity index (χ0n) is 32.7. The molecule has 1 aromatic rings. The van der Waals surface area contributed by atoms with Gasteiger partial charge in [0.15, 0.2) is 5.82 Å². The molecule has 4 heterocycles. The molecule has 0 aromatic carbocycles. The number of aliphatic hydroxyl groups is 1. The number of hydrogen-bond donors (Lipinski definition) is 1. The fourth-order valence-corrected chi connectivity index (χ4v) is 14.3. The molecule has 2 amide bonds. The molecule has 5 aliphatic carbocycles. The van der Waals surface area contributed by atoms with Gasteiger partial charge in [-0.25, -0.2) is 9.59 Å². The van der Waals surface area contributed by atoms with E-state index in [1.54, 1.807) is 4.90 Å². The van der Waals surface area contributed by atoms with E-state index in [0.717, 1.165) is 81.9 Å². The maximum Gasteiger partial charge on any atom is 0.451 e. The van der Waals surface area contributed by atoms with Crippen molar-refractivity contribution in [3.8, 4) is 0 Å². The molecule has 7 fully saturated rings. The van der Waals surface area contributed by atoms with E-state index in [-0.39, 0.29) is 94.9 Å². The lowest BCUT2D eigenvalue weighted by atomic mass is 9.41. The van der Waals surface area contributed by atoms with E-state index >= 15 is 0 Å². The number of aliphatic hydroxyl groups excluding tert-OH is 1. The molecule has 9 unspecified atom stereocenters. The molecule has 5 saturated carbocycles. The fourth-order valence-electron chi connectivity index (χ4n) is 14.3. The Labute approximate surface area is 316 Å². The highest BCUT2D eigenvalue weighted by Crippen LogP contribution is 2.89. The summed E-state index contributed by atoms with van der Waals surface area (Å²) in [6.07, 6.45) is 2.65. The summed E-state index contributed by atoms with van der Waals surface area (Å²) < 4.78 is 60.5. The summed E-state index contributed by atoms with van der Waals surface area (Å²) in [5.74, 6) is 0.135. The Bertz CT molecular complexity index is 1700. The first-order chi connectivity index (χ1) is 25.4. The van der Waals surface area contributed by atoms with Gasteiger partial charge in [-0.1, -0.05) is 41.5 Å². The number of ether oxygens (including phenoxy) is 3. The predicted octanol–water partition coefficient (Wildman–Crippen LogP) is 7.05. The van der Waals surface area contributed by atoms with Crippen LogP contribution in [0.15, 0.2) is 0 Å². The number of likely N-dealkylation sites (tertiary alicyclic amines) is 1. The molecular formula is C40H58F3N5O6. The highest BCUT2D eigenvalue weighted by molar-refractivity contribution is 5.69. The number of amides is 2. The third-order valence-electron chi connectivity index (χ3n) is 17.3. The van der Waals surface area contributed by atoms with Crippen molar-refractivity contribution in [2.75, 3.05) is 19.6 Å². The zero-order valence-corrected chi connectivity index (χ0v) is 32.7. The van der Waals surface area contributed by atoms with Crippen LogP contribution in [0, 0.1) is 50.7 Å². The van der Waals surface area contributed by atoms with Crippen molar-refractivity contribution in [2.45, 2.75) is 156 Å². The summed E-state index contributed by atoms with van der Waals surface area (Å²) in [5, 5.41) is 19.7. The Balaban J connectivity index is 0.902. The zero-order chi connectivity index (χ0) is 38.4. The molecule has 2 saturated heterocycles. The minimum atomic E-state index is -4.60. The van der Waals surface area contributed by atoms with Crippen molar-refractivity contribution in [3.63, 3.8) is 0 Å². The van der Waals surface area contributed by atoms with Gasteiger partial charge in [0.25, 0.3) is 0 Å². The Kier molecular flexibility index (Phi) is 8.19. The van der Waals surface area contributed by atoms with Gasteiger partial charge in [-0.05, 0) is 104 Å². The molecule has 8 aliphatic rings. The van der Waals surface area contributed by atoms with Crippen molar-refractivity contribution < 1.29 is 42.1 Å². The van der Waals surface area contributed by atoms with Gasteiger partial charge in [-0.2, -0.15) is 13.2 Å². The van der Waals surface area contributed by atoms with Crippen molar-refractivity contribution in [3.05, 3.63) is 11.6 Å². The lowest BCUT2D eigenvalue weighted by Crippen LogP contribution is -2.60. The van der Waals surface area contributed by atoms with Crippen LogP contribution >= 0.6 is 0 Å². The quantitative estimate of drug-likeness (QED) is 0.347. The molecule has 0 radical (unpaired) electrons. The molecule has 11 nitrogen and oxygen atoms in total. The second-order valence-corrected chi connectivity index (χ2v) is 19.8. The third-order valence-corrected chi connectivity index (χ3v) is 17.3. The molecule has 12 atom stereocenters. The summed E-state index contributed by atoms with van der Waals surface area (Å²) in [6, 6.07) is 0. The largest absolute Gasteiger partial charge is 0.451 e. The van der Waals surface area contributed by atoms with Gasteiger partial charge in [-0.3, -0.25) is 4.90 Å².